The predicted octanol–water partition coefficient (Wildman–Crippen LogP) is 3.39. The molecule has 35 heavy (non-hydrogen) atoms. The summed E-state index contributed by atoms with van der Waals surface area (Å²) >= 11 is 0. The van der Waals surface area contributed by atoms with Crippen LogP contribution in [0.5, 0.6) is 11.5 Å². The Hall–Kier alpha value is -3.92. The lowest BCUT2D eigenvalue weighted by molar-refractivity contribution is -0.121. The molecule has 4 rings (SSSR count). The fraction of sp³-hybridized carbons (Fsp3) is 0.360. The van der Waals surface area contributed by atoms with Crippen molar-refractivity contribution < 1.29 is 28.3 Å². The molecule has 1 fully saturated rings. The Morgan fingerprint density at radius 1 is 1.09 bits per heavy atom. The summed E-state index contributed by atoms with van der Waals surface area (Å²) in [7, 11) is 4.48. The van der Waals surface area contributed by atoms with E-state index in [1.807, 2.05) is 6.07 Å². The van der Waals surface area contributed by atoms with Crippen LogP contribution in [0.2, 0.25) is 0 Å². The molecular formula is C25H28N4O6. The molecule has 1 aromatic heterocycles. The highest BCUT2D eigenvalue weighted by Crippen LogP contribution is 2.31. The first-order valence-electron chi connectivity index (χ1n) is 11.3. The first-order valence-corrected chi connectivity index (χ1v) is 11.3. The van der Waals surface area contributed by atoms with Gasteiger partial charge in [0.05, 0.1) is 39.4 Å². The number of methoxy groups -OCH3 is 3. The van der Waals surface area contributed by atoms with E-state index in [2.05, 4.69) is 20.4 Å². The smallest absolute Gasteiger partial charge is 0.337 e. The number of nitrogens with zero attached hydrogens (tertiary/aromatic N) is 3. The maximum Gasteiger partial charge on any atom is 0.337 e. The Kier molecular flexibility index (Phi) is 7.61. The maximum atomic E-state index is 12.8. The molecule has 184 valence electrons. The number of aromatic nitrogens is 2. The zero-order valence-corrected chi connectivity index (χ0v) is 19.9. The van der Waals surface area contributed by atoms with E-state index in [0.29, 0.717) is 47.6 Å². The van der Waals surface area contributed by atoms with E-state index in [1.165, 1.54) is 7.11 Å². The van der Waals surface area contributed by atoms with Gasteiger partial charge in [0.25, 0.3) is 0 Å². The average Bonchev–Trinajstić information content (AvgIpc) is 3.36. The number of rotatable bonds is 8. The third-order valence-corrected chi connectivity index (χ3v) is 5.92. The van der Waals surface area contributed by atoms with Gasteiger partial charge in [-0.2, -0.15) is 4.98 Å². The lowest BCUT2D eigenvalue weighted by Gasteiger charge is -2.30. The van der Waals surface area contributed by atoms with Crippen LogP contribution in [-0.2, 0) is 16.1 Å². The molecule has 1 saturated heterocycles. The SMILES string of the molecule is COC(=O)c1ccc(NC(=O)C2CCCN(Cc3nc(-c4ccc(OC)c(OC)c4)no3)C2)cc1. The van der Waals surface area contributed by atoms with Crippen LogP contribution < -0.4 is 14.8 Å². The Morgan fingerprint density at radius 3 is 2.57 bits per heavy atom. The van der Waals surface area contributed by atoms with Gasteiger partial charge in [-0.1, -0.05) is 5.16 Å². The highest BCUT2D eigenvalue weighted by atomic mass is 16.5. The van der Waals surface area contributed by atoms with E-state index < -0.39 is 5.97 Å². The van der Waals surface area contributed by atoms with Crippen molar-refractivity contribution in [1.82, 2.24) is 15.0 Å². The Morgan fingerprint density at radius 2 is 1.86 bits per heavy atom. The van der Waals surface area contributed by atoms with Crippen molar-refractivity contribution in [2.24, 2.45) is 5.92 Å². The van der Waals surface area contributed by atoms with E-state index in [0.717, 1.165) is 24.9 Å². The first kappa shape index (κ1) is 24.2. The molecule has 10 nitrogen and oxygen atoms in total. The molecule has 1 aliphatic rings. The summed E-state index contributed by atoms with van der Waals surface area (Å²) in [6, 6.07) is 12.1. The minimum absolute atomic E-state index is 0.0583. The van der Waals surface area contributed by atoms with E-state index in [1.54, 1.807) is 50.6 Å². The number of ether oxygens (including phenoxy) is 3. The molecule has 2 aromatic carbocycles. The van der Waals surface area contributed by atoms with Crippen LogP contribution in [0.4, 0.5) is 5.69 Å². The lowest BCUT2D eigenvalue weighted by Crippen LogP contribution is -2.40. The van der Waals surface area contributed by atoms with Gasteiger partial charge in [0.15, 0.2) is 11.5 Å². The van der Waals surface area contributed by atoms with Gasteiger partial charge in [0, 0.05) is 17.8 Å². The van der Waals surface area contributed by atoms with Gasteiger partial charge in [-0.25, -0.2) is 4.79 Å². The van der Waals surface area contributed by atoms with Crippen molar-refractivity contribution in [3.8, 4) is 22.9 Å². The number of benzene rings is 2. The summed E-state index contributed by atoms with van der Waals surface area (Å²) < 4.78 is 20.8. The number of nitrogens with one attached hydrogen (secondary N) is 1. The molecular weight excluding hydrogens is 452 g/mol. The number of hydrogen-bond donors (Lipinski definition) is 1. The number of carbonyl (C=O) groups is 2. The van der Waals surface area contributed by atoms with Crippen molar-refractivity contribution in [1.29, 1.82) is 0 Å². The number of hydrogen-bond acceptors (Lipinski definition) is 9. The summed E-state index contributed by atoms with van der Waals surface area (Å²) in [5, 5.41) is 7.03. The fourth-order valence-corrected chi connectivity index (χ4v) is 4.07. The normalized spacial score (nSPS) is 15.9. The monoisotopic (exact) mass is 480 g/mol. The van der Waals surface area contributed by atoms with Gasteiger partial charge in [-0.15, -0.1) is 0 Å². The van der Waals surface area contributed by atoms with Crippen LogP contribution in [0.1, 0.15) is 29.1 Å². The molecule has 1 amide bonds. The molecule has 10 heteroatoms. The second kappa shape index (κ2) is 11.0. The van der Waals surface area contributed by atoms with Gasteiger partial charge in [0.2, 0.25) is 17.6 Å². The molecule has 0 saturated carbocycles. The standard InChI is InChI=1S/C25H28N4O6/c1-32-20-11-8-17(13-21(20)33-2)23-27-22(35-28-23)15-29-12-4-5-18(14-29)24(30)26-19-9-6-16(7-10-19)25(31)34-3/h6-11,13,18H,4-5,12,14-15H2,1-3H3,(H,26,30). The zero-order valence-electron chi connectivity index (χ0n) is 19.9. The van der Waals surface area contributed by atoms with Crippen molar-refractivity contribution in [3.63, 3.8) is 0 Å². The second-order valence-corrected chi connectivity index (χ2v) is 8.21. The molecule has 1 N–H and O–H groups in total. The van der Waals surface area contributed by atoms with Crippen molar-refractivity contribution in [2.75, 3.05) is 39.7 Å². The van der Waals surface area contributed by atoms with E-state index in [-0.39, 0.29) is 11.8 Å². The number of amides is 1. The predicted molar refractivity (Wildman–Crippen MR) is 127 cm³/mol. The van der Waals surface area contributed by atoms with Gasteiger partial charge < -0.3 is 24.1 Å². The number of piperidine rings is 1. The van der Waals surface area contributed by atoms with Crippen LogP contribution >= 0.6 is 0 Å². The summed E-state index contributed by atoms with van der Waals surface area (Å²) in [6.07, 6.45) is 1.68. The summed E-state index contributed by atoms with van der Waals surface area (Å²) in [5.41, 5.74) is 1.82. The summed E-state index contributed by atoms with van der Waals surface area (Å²) in [5.74, 6) is 1.51. The molecule has 0 bridgehead atoms. The molecule has 3 aromatic rings. The number of likely N-dealkylation sites (tertiary alicyclic amines) is 1. The van der Waals surface area contributed by atoms with E-state index in [4.69, 9.17) is 18.7 Å². The van der Waals surface area contributed by atoms with E-state index in [9.17, 15) is 9.59 Å². The highest BCUT2D eigenvalue weighted by molar-refractivity contribution is 5.94. The molecule has 0 radical (unpaired) electrons. The van der Waals surface area contributed by atoms with Gasteiger partial charge >= 0.3 is 5.97 Å². The minimum atomic E-state index is -0.416. The van der Waals surface area contributed by atoms with Crippen molar-refractivity contribution in [2.45, 2.75) is 19.4 Å². The Balaban J connectivity index is 1.35. The molecule has 1 atom stereocenters. The average molecular weight is 481 g/mol. The fourth-order valence-electron chi connectivity index (χ4n) is 4.07. The largest absolute Gasteiger partial charge is 0.493 e. The number of carbonyl (C=O) groups excluding carboxylic acids is 2. The van der Waals surface area contributed by atoms with Gasteiger partial charge in [-0.3, -0.25) is 9.69 Å². The topological polar surface area (TPSA) is 116 Å². The van der Waals surface area contributed by atoms with Crippen molar-refractivity contribution in [3.05, 3.63) is 53.9 Å². The number of anilines is 1. The van der Waals surface area contributed by atoms with Crippen LogP contribution in [-0.4, -0.2) is 61.3 Å². The Labute approximate surface area is 203 Å². The molecule has 1 aliphatic heterocycles. The Bertz CT molecular complexity index is 1180. The van der Waals surface area contributed by atoms with Crippen molar-refractivity contribution >= 4 is 17.6 Å². The third kappa shape index (κ3) is 5.78. The summed E-state index contributed by atoms with van der Waals surface area (Å²) in [4.78, 5) is 31.1. The molecule has 2 heterocycles. The second-order valence-electron chi connectivity index (χ2n) is 8.21. The highest BCUT2D eigenvalue weighted by Gasteiger charge is 2.27. The third-order valence-electron chi connectivity index (χ3n) is 5.92. The molecule has 1 unspecified atom stereocenters. The van der Waals surface area contributed by atoms with Crippen LogP contribution in [0, 0.1) is 5.92 Å². The van der Waals surface area contributed by atoms with Crippen LogP contribution in [0.3, 0.4) is 0 Å². The van der Waals surface area contributed by atoms with E-state index >= 15 is 0 Å². The minimum Gasteiger partial charge on any atom is -0.493 e. The number of esters is 1. The maximum absolute atomic E-state index is 12.8. The quantitative estimate of drug-likeness (QED) is 0.484. The van der Waals surface area contributed by atoms with Gasteiger partial charge in [-0.05, 0) is 61.9 Å². The summed E-state index contributed by atoms with van der Waals surface area (Å²) in [6.45, 7) is 1.88. The lowest BCUT2D eigenvalue weighted by atomic mass is 9.97. The zero-order chi connectivity index (χ0) is 24.8. The van der Waals surface area contributed by atoms with Crippen LogP contribution in [0.15, 0.2) is 47.0 Å². The van der Waals surface area contributed by atoms with Gasteiger partial charge in [0.1, 0.15) is 0 Å². The van der Waals surface area contributed by atoms with Crippen LogP contribution in [0.25, 0.3) is 11.4 Å². The molecule has 0 spiro atoms. The first-order chi connectivity index (χ1) is 17.0. The molecule has 0 aliphatic carbocycles.